The van der Waals surface area contributed by atoms with Crippen LogP contribution in [0, 0.1) is 0 Å². The van der Waals surface area contributed by atoms with Gasteiger partial charge in [-0.1, -0.05) is 0 Å². The van der Waals surface area contributed by atoms with Gasteiger partial charge in [0, 0.05) is 6.92 Å². The Hall–Kier alpha value is 0.170. The summed E-state index contributed by atoms with van der Waals surface area (Å²) in [6.45, 7) is 1.43. The molecule has 0 atom stereocenters. The zero-order chi connectivity index (χ0) is 5.70. The molecule has 0 aliphatic rings. The van der Waals surface area contributed by atoms with Crippen LogP contribution in [0.25, 0.3) is 0 Å². The molecule has 0 heterocycles. The Kier molecular flexibility index (Phi) is 9.89. The molecule has 1 amide bonds. The summed E-state index contributed by atoms with van der Waals surface area (Å²) in [5.41, 5.74) is 0. The third-order valence-corrected chi connectivity index (χ3v) is 0.491. The average Bonchev–Trinajstić information content (AvgIpc) is 1.61. The molecule has 1 N–H and O–H groups in total. The van der Waals surface area contributed by atoms with E-state index in [1.807, 2.05) is 0 Å². The monoisotopic (exact) mass is 223 g/mol. The van der Waals surface area contributed by atoms with Gasteiger partial charge in [0.1, 0.15) is 0 Å². The summed E-state index contributed by atoms with van der Waals surface area (Å²) in [5, 5.41) is 3.72. The summed E-state index contributed by atoms with van der Waals surface area (Å²) >= 11 is 4.38. The largest absolute Gasteiger partial charge is 1.00 e. The summed E-state index contributed by atoms with van der Waals surface area (Å²) in [5.74, 6) is -0.0962. The van der Waals surface area contributed by atoms with Crippen molar-refractivity contribution in [2.24, 2.45) is 0 Å². The average molecular weight is 224 g/mol. The molecule has 0 aromatic heterocycles. The van der Waals surface area contributed by atoms with Crippen LogP contribution in [-0.2, 0) is 39.8 Å². The van der Waals surface area contributed by atoms with Gasteiger partial charge < -0.3 is 17.9 Å². The van der Waals surface area contributed by atoms with Crippen LogP contribution in [0.4, 0.5) is 0 Å². The van der Waals surface area contributed by atoms with Gasteiger partial charge in [-0.15, -0.1) is 0 Å². The van der Waals surface area contributed by atoms with Crippen molar-refractivity contribution in [3.8, 4) is 0 Å². The number of carbonyl (C=O) groups is 1. The smallest absolute Gasteiger partial charge is 0.786 e. The van der Waals surface area contributed by atoms with E-state index in [0.717, 1.165) is 0 Å². The Bertz CT molecular complexity index is 94.0. The molecule has 0 fully saturated rings. The van der Waals surface area contributed by atoms with Crippen molar-refractivity contribution in [2.75, 3.05) is 0 Å². The molecule has 0 aliphatic carbocycles. The van der Waals surface area contributed by atoms with Crippen LogP contribution in [0.15, 0.2) is 11.6 Å². The minimum atomic E-state index is -0.0962. The zero-order valence-corrected chi connectivity index (χ0v) is 6.57. The molecule has 50 valence electrons. The fourth-order valence-corrected chi connectivity index (χ4v) is 0.219. The number of hydrogen-bond donors (Lipinski definition) is 1. The fraction of sp³-hybridized carbons (Fsp3) is 0.250. The number of hydrogen-bond acceptors (Lipinski definition) is 2. The van der Waals surface area contributed by atoms with Gasteiger partial charge in [-0.05, 0) is 6.20 Å². The van der Waals surface area contributed by atoms with Crippen LogP contribution < -0.4 is 5.32 Å². The Balaban J connectivity index is 0. The molecule has 2 nitrogen and oxygen atoms in total. The van der Waals surface area contributed by atoms with E-state index < -0.39 is 0 Å². The molecular formula is C4H6AgNOS. The maximum Gasteiger partial charge on any atom is 1.00 e. The van der Waals surface area contributed by atoms with E-state index in [1.165, 1.54) is 18.5 Å². The number of carbonyl (C=O) groups excluding carboxylic acids is 1. The van der Waals surface area contributed by atoms with E-state index in [1.54, 1.807) is 0 Å². The molecule has 0 unspecified atom stereocenters. The van der Waals surface area contributed by atoms with Gasteiger partial charge in [0.2, 0.25) is 5.91 Å². The van der Waals surface area contributed by atoms with Crippen molar-refractivity contribution in [2.45, 2.75) is 6.92 Å². The molecule has 0 saturated carbocycles. The first-order valence-electron chi connectivity index (χ1n) is 1.81. The summed E-state index contributed by atoms with van der Waals surface area (Å²) in [6, 6.07) is 0. The van der Waals surface area contributed by atoms with Gasteiger partial charge in [-0.25, -0.2) is 0 Å². The minimum absolute atomic E-state index is 0. The minimum Gasteiger partial charge on any atom is -0.786 e. The summed E-state index contributed by atoms with van der Waals surface area (Å²) in [6.07, 6.45) is 1.41. The molecule has 0 bridgehead atoms. The van der Waals surface area contributed by atoms with Gasteiger partial charge >= 0.3 is 22.4 Å². The Morgan fingerprint density at radius 2 is 2.25 bits per heavy atom. The van der Waals surface area contributed by atoms with Gasteiger partial charge in [0.05, 0.1) is 0 Å². The predicted octanol–water partition coefficient (Wildman–Crippen LogP) is 0.138. The molecule has 0 spiro atoms. The standard InChI is InChI=1S/C4H7NOS.Ag/c1-4(6)5-2-3-7;/h2-3,7H,1H3,(H,5,6);/q;+1/p-1/b3-2+;. The molecule has 0 aromatic carbocycles. The van der Waals surface area contributed by atoms with Crippen molar-refractivity contribution >= 4 is 18.5 Å². The number of rotatable bonds is 1. The quantitative estimate of drug-likeness (QED) is 0.507. The predicted molar refractivity (Wildman–Crippen MR) is 30.3 cm³/mol. The Morgan fingerprint density at radius 3 is 2.38 bits per heavy atom. The molecular weight excluding hydrogens is 218 g/mol. The topological polar surface area (TPSA) is 29.1 Å². The van der Waals surface area contributed by atoms with Crippen molar-refractivity contribution in [1.29, 1.82) is 0 Å². The second-order valence-electron chi connectivity index (χ2n) is 1.00. The molecule has 0 radical (unpaired) electrons. The van der Waals surface area contributed by atoms with Gasteiger partial charge in [-0.3, -0.25) is 4.79 Å². The molecule has 8 heavy (non-hydrogen) atoms. The van der Waals surface area contributed by atoms with E-state index in [4.69, 9.17) is 0 Å². The first-order valence-corrected chi connectivity index (χ1v) is 2.28. The van der Waals surface area contributed by atoms with Crippen molar-refractivity contribution < 1.29 is 27.2 Å². The second-order valence-corrected chi connectivity index (χ2v) is 1.28. The van der Waals surface area contributed by atoms with Crippen LogP contribution >= 0.6 is 0 Å². The molecule has 0 rings (SSSR count). The molecule has 4 heteroatoms. The third-order valence-electron chi connectivity index (χ3n) is 0.355. The van der Waals surface area contributed by atoms with Crippen LogP contribution in [0.3, 0.4) is 0 Å². The molecule has 0 aliphatic heterocycles. The molecule has 0 aromatic rings. The van der Waals surface area contributed by atoms with Crippen LogP contribution in [-0.4, -0.2) is 5.91 Å². The van der Waals surface area contributed by atoms with Crippen LogP contribution in [0.5, 0.6) is 0 Å². The Labute approximate surface area is 69.6 Å². The van der Waals surface area contributed by atoms with Gasteiger partial charge in [0.15, 0.2) is 0 Å². The van der Waals surface area contributed by atoms with Gasteiger partial charge in [0.25, 0.3) is 0 Å². The third kappa shape index (κ3) is 9.48. The van der Waals surface area contributed by atoms with Crippen molar-refractivity contribution in [3.63, 3.8) is 0 Å². The van der Waals surface area contributed by atoms with Crippen LogP contribution in [0.2, 0.25) is 0 Å². The fourth-order valence-electron chi connectivity index (χ4n) is 0.151. The van der Waals surface area contributed by atoms with Gasteiger partial charge in [-0.2, -0.15) is 5.41 Å². The maximum absolute atomic E-state index is 9.99. The zero-order valence-electron chi connectivity index (χ0n) is 4.27. The second kappa shape index (κ2) is 7.17. The first kappa shape index (κ1) is 11.0. The maximum atomic E-state index is 9.99. The van der Waals surface area contributed by atoms with Crippen molar-refractivity contribution in [1.82, 2.24) is 5.32 Å². The van der Waals surface area contributed by atoms with E-state index in [-0.39, 0.29) is 28.3 Å². The summed E-state index contributed by atoms with van der Waals surface area (Å²) in [4.78, 5) is 9.99. The normalized spacial score (nSPS) is 8.12. The SMILES string of the molecule is CC(=O)N/C=C/[S-].[Ag+]. The van der Waals surface area contributed by atoms with E-state index in [2.05, 4.69) is 17.9 Å². The van der Waals surface area contributed by atoms with E-state index in [0.29, 0.717) is 0 Å². The van der Waals surface area contributed by atoms with E-state index in [9.17, 15) is 4.79 Å². The van der Waals surface area contributed by atoms with Crippen LogP contribution in [0.1, 0.15) is 6.92 Å². The number of amides is 1. The first-order chi connectivity index (χ1) is 3.27. The van der Waals surface area contributed by atoms with Crippen molar-refractivity contribution in [3.05, 3.63) is 11.6 Å². The summed E-state index contributed by atoms with van der Waals surface area (Å²) < 4.78 is 0. The Morgan fingerprint density at radius 1 is 1.75 bits per heavy atom. The van der Waals surface area contributed by atoms with E-state index >= 15 is 0 Å². The summed E-state index contributed by atoms with van der Waals surface area (Å²) in [7, 11) is 0. The number of nitrogens with one attached hydrogen (secondary N) is 1. The molecule has 0 saturated heterocycles.